The highest BCUT2D eigenvalue weighted by molar-refractivity contribution is 7.22. The number of ketones is 1. The van der Waals surface area contributed by atoms with Crippen molar-refractivity contribution in [3.05, 3.63) is 93.9 Å². The summed E-state index contributed by atoms with van der Waals surface area (Å²) < 4.78 is 8.58. The number of thiazole rings is 1. The van der Waals surface area contributed by atoms with E-state index in [1.165, 1.54) is 16.2 Å². The van der Waals surface area contributed by atoms with E-state index < -0.39 is 17.7 Å². The number of aromatic nitrogens is 3. The first kappa shape index (κ1) is 27.0. The molecule has 0 bridgehead atoms. The third-order valence-electron chi connectivity index (χ3n) is 7.24. The summed E-state index contributed by atoms with van der Waals surface area (Å²) in [6.45, 7) is 6.37. The van der Waals surface area contributed by atoms with Crippen molar-refractivity contribution in [2.45, 2.75) is 39.7 Å². The van der Waals surface area contributed by atoms with E-state index in [-0.39, 0.29) is 17.0 Å². The minimum absolute atomic E-state index is 0.0536. The lowest BCUT2D eigenvalue weighted by Crippen LogP contribution is -2.29. The van der Waals surface area contributed by atoms with Gasteiger partial charge in [0.25, 0.3) is 5.78 Å². The second-order valence-corrected chi connectivity index (χ2v) is 11.4. The molecule has 1 amide bonds. The molecule has 0 saturated carbocycles. The highest BCUT2D eigenvalue weighted by Crippen LogP contribution is 2.45. The number of hydrogen-bond acceptors (Lipinski definition) is 7. The third kappa shape index (κ3) is 4.65. The molecule has 0 spiro atoms. The average Bonchev–Trinajstić information content (AvgIpc) is 3.61. The molecule has 208 valence electrons. The van der Waals surface area contributed by atoms with Gasteiger partial charge in [-0.15, -0.1) is 0 Å². The first-order chi connectivity index (χ1) is 19.8. The fourth-order valence-electron chi connectivity index (χ4n) is 5.12. The predicted octanol–water partition coefficient (Wildman–Crippen LogP) is 7.02. The normalized spacial score (nSPS) is 16.8. The van der Waals surface area contributed by atoms with E-state index >= 15 is 0 Å². The van der Waals surface area contributed by atoms with Crippen molar-refractivity contribution < 1.29 is 19.4 Å². The first-order valence-corrected chi connectivity index (χ1v) is 14.5. The zero-order chi connectivity index (χ0) is 28.8. The molecule has 1 aliphatic heterocycles. The molecule has 1 unspecified atom stereocenters. The van der Waals surface area contributed by atoms with Gasteiger partial charge in [-0.2, -0.15) is 0 Å². The molecular formula is C31H27ClN4O4S. The number of hydrogen-bond donors (Lipinski definition) is 1. The highest BCUT2D eigenvalue weighted by Gasteiger charge is 2.48. The molecule has 1 atom stereocenters. The summed E-state index contributed by atoms with van der Waals surface area (Å²) in [5.41, 5.74) is 3.67. The summed E-state index contributed by atoms with van der Waals surface area (Å²) in [5, 5.41) is 12.6. The molecule has 2 aromatic carbocycles. The van der Waals surface area contributed by atoms with Crippen molar-refractivity contribution >= 4 is 61.4 Å². The highest BCUT2D eigenvalue weighted by atomic mass is 35.5. The standard InChI is InChI=1S/C31H27ClN4O4S/c1-4-5-14-40-21-10-6-9-19(15-21)26-24(27(37)25-18(3)35-13-7-8-17(2)29(35)34-25)28(38)30(39)36(26)31-33-22-12-11-20(32)16-23(22)41-31/h6-13,15-16,26,37H,4-5,14H2,1-3H3/b27-24+. The van der Waals surface area contributed by atoms with Gasteiger partial charge in [-0.3, -0.25) is 14.5 Å². The Bertz CT molecular complexity index is 1870. The van der Waals surface area contributed by atoms with Crippen LogP contribution in [0.1, 0.15) is 48.3 Å². The summed E-state index contributed by atoms with van der Waals surface area (Å²) in [4.78, 5) is 38.1. The minimum atomic E-state index is -0.953. The van der Waals surface area contributed by atoms with Gasteiger partial charge in [0.05, 0.1) is 34.1 Å². The monoisotopic (exact) mass is 586 g/mol. The number of Topliss-reactive ketones (excluding diaryl/α,β-unsaturated/α-hetero) is 1. The van der Waals surface area contributed by atoms with E-state index in [9.17, 15) is 14.7 Å². The maximum Gasteiger partial charge on any atom is 0.301 e. The van der Waals surface area contributed by atoms with Gasteiger partial charge in [0.1, 0.15) is 17.1 Å². The van der Waals surface area contributed by atoms with Crippen LogP contribution >= 0.6 is 22.9 Å². The number of aryl methyl sites for hydroxylation is 2. The summed E-state index contributed by atoms with van der Waals surface area (Å²) >= 11 is 7.46. The van der Waals surface area contributed by atoms with Crippen molar-refractivity contribution in [1.29, 1.82) is 0 Å². The lowest BCUT2D eigenvalue weighted by atomic mass is 9.96. The molecule has 1 fully saturated rings. The third-order valence-corrected chi connectivity index (χ3v) is 8.49. The van der Waals surface area contributed by atoms with E-state index in [4.69, 9.17) is 16.3 Å². The van der Waals surface area contributed by atoms with Crippen LogP contribution in [-0.2, 0) is 9.59 Å². The number of anilines is 1. The molecule has 1 N–H and O–H groups in total. The van der Waals surface area contributed by atoms with Crippen molar-refractivity contribution in [2.24, 2.45) is 0 Å². The zero-order valence-electron chi connectivity index (χ0n) is 22.7. The molecule has 0 aliphatic carbocycles. The first-order valence-electron chi connectivity index (χ1n) is 13.3. The lowest BCUT2D eigenvalue weighted by Gasteiger charge is -2.23. The Balaban J connectivity index is 1.56. The maximum atomic E-state index is 13.7. The van der Waals surface area contributed by atoms with Crippen LogP contribution in [0.2, 0.25) is 5.02 Å². The van der Waals surface area contributed by atoms with Crippen LogP contribution in [0.4, 0.5) is 5.13 Å². The van der Waals surface area contributed by atoms with Gasteiger partial charge in [0.2, 0.25) is 0 Å². The molecule has 10 heteroatoms. The Morgan fingerprint density at radius 2 is 1.93 bits per heavy atom. The van der Waals surface area contributed by atoms with E-state index in [2.05, 4.69) is 16.9 Å². The quantitative estimate of drug-likeness (QED) is 0.0952. The summed E-state index contributed by atoms with van der Waals surface area (Å²) in [6, 6.07) is 15.4. The lowest BCUT2D eigenvalue weighted by molar-refractivity contribution is -0.132. The van der Waals surface area contributed by atoms with E-state index in [1.54, 1.807) is 24.3 Å². The topological polar surface area (TPSA) is 97.0 Å². The van der Waals surface area contributed by atoms with Crippen LogP contribution in [0.3, 0.4) is 0 Å². The Hall–Kier alpha value is -4.21. The second kappa shape index (κ2) is 10.6. The largest absolute Gasteiger partial charge is 0.505 e. The molecule has 8 nitrogen and oxygen atoms in total. The number of carbonyl (C=O) groups is 2. The minimum Gasteiger partial charge on any atom is -0.505 e. The summed E-state index contributed by atoms with van der Waals surface area (Å²) in [7, 11) is 0. The van der Waals surface area contributed by atoms with Crippen molar-refractivity contribution in [2.75, 3.05) is 11.5 Å². The van der Waals surface area contributed by atoms with E-state index in [0.717, 1.165) is 23.1 Å². The molecule has 3 aromatic heterocycles. The van der Waals surface area contributed by atoms with Crippen molar-refractivity contribution in [3.8, 4) is 5.75 Å². The number of imidazole rings is 1. The van der Waals surface area contributed by atoms with Gasteiger partial charge in [-0.05, 0) is 67.8 Å². The Kier molecular flexibility index (Phi) is 7.01. The molecule has 6 rings (SSSR count). The SMILES string of the molecule is CCCCOc1cccc(C2/C(=C(\O)c3nc4c(C)cccn4c3C)C(=O)C(=O)N2c2nc3ccc(Cl)cc3s2)c1. The fraction of sp³-hybridized carbons (Fsp3) is 0.226. The van der Waals surface area contributed by atoms with E-state index in [0.29, 0.717) is 44.9 Å². The van der Waals surface area contributed by atoms with E-state index in [1.807, 2.05) is 54.8 Å². The number of pyridine rings is 1. The zero-order valence-corrected chi connectivity index (χ0v) is 24.3. The number of amides is 1. The van der Waals surface area contributed by atoms with Gasteiger partial charge < -0.3 is 14.2 Å². The number of halogens is 1. The molecule has 4 heterocycles. The van der Waals surface area contributed by atoms with Gasteiger partial charge in [0, 0.05) is 11.2 Å². The number of ether oxygens (including phenoxy) is 1. The van der Waals surface area contributed by atoms with Crippen LogP contribution in [0.15, 0.2) is 66.4 Å². The van der Waals surface area contributed by atoms with Crippen LogP contribution in [0.25, 0.3) is 21.6 Å². The number of unbranched alkanes of at least 4 members (excludes halogenated alkanes) is 1. The Morgan fingerprint density at radius 1 is 1.10 bits per heavy atom. The summed E-state index contributed by atoms with van der Waals surface area (Å²) in [5.74, 6) is -1.32. The number of aliphatic hydroxyl groups is 1. The average molecular weight is 587 g/mol. The van der Waals surface area contributed by atoms with Gasteiger partial charge >= 0.3 is 5.91 Å². The van der Waals surface area contributed by atoms with Crippen LogP contribution in [0, 0.1) is 13.8 Å². The number of carbonyl (C=O) groups excluding carboxylic acids is 2. The van der Waals surface area contributed by atoms with Crippen LogP contribution in [0.5, 0.6) is 5.75 Å². The molecule has 1 aliphatic rings. The van der Waals surface area contributed by atoms with Crippen molar-refractivity contribution in [3.63, 3.8) is 0 Å². The van der Waals surface area contributed by atoms with Crippen molar-refractivity contribution in [1.82, 2.24) is 14.4 Å². The van der Waals surface area contributed by atoms with Gasteiger partial charge in [-0.1, -0.05) is 54.5 Å². The van der Waals surface area contributed by atoms with Crippen LogP contribution < -0.4 is 9.64 Å². The van der Waals surface area contributed by atoms with Crippen LogP contribution in [-0.4, -0.2) is 37.8 Å². The summed E-state index contributed by atoms with van der Waals surface area (Å²) in [6.07, 6.45) is 3.73. The molecule has 0 radical (unpaired) electrons. The molecular weight excluding hydrogens is 560 g/mol. The van der Waals surface area contributed by atoms with Gasteiger partial charge in [0.15, 0.2) is 10.9 Å². The smallest absolute Gasteiger partial charge is 0.301 e. The number of fused-ring (bicyclic) bond motifs is 2. The number of rotatable bonds is 7. The fourth-order valence-corrected chi connectivity index (χ4v) is 6.39. The number of aliphatic hydroxyl groups excluding tert-OH is 1. The Labute approximate surface area is 245 Å². The second-order valence-electron chi connectivity index (χ2n) is 9.98. The Morgan fingerprint density at radius 3 is 2.71 bits per heavy atom. The maximum absolute atomic E-state index is 13.7. The molecule has 1 saturated heterocycles. The predicted molar refractivity (Wildman–Crippen MR) is 161 cm³/mol. The number of nitrogens with zero attached hydrogens (tertiary/aromatic N) is 4. The molecule has 41 heavy (non-hydrogen) atoms. The number of benzene rings is 2. The molecule has 5 aromatic rings. The van der Waals surface area contributed by atoms with Gasteiger partial charge in [-0.25, -0.2) is 9.97 Å².